The zero-order chi connectivity index (χ0) is 19.3. The van der Waals surface area contributed by atoms with Gasteiger partial charge in [-0.1, -0.05) is 17.3 Å². The van der Waals surface area contributed by atoms with Crippen LogP contribution in [-0.2, 0) is 16.1 Å². The molecule has 0 unspecified atom stereocenters. The third kappa shape index (κ3) is 3.85. The maximum Gasteiger partial charge on any atom is 0.344 e. The number of nitrogens with zero attached hydrogens (tertiary/aromatic N) is 1. The van der Waals surface area contributed by atoms with Crippen LogP contribution in [0.15, 0.2) is 53.1 Å². The number of methoxy groups -OCH3 is 1. The van der Waals surface area contributed by atoms with E-state index in [0.717, 1.165) is 5.56 Å². The Hall–Kier alpha value is -3.68. The molecule has 0 bridgehead atoms. The third-order valence-electron chi connectivity index (χ3n) is 4.01. The fourth-order valence-corrected chi connectivity index (χ4v) is 2.64. The first-order valence-corrected chi connectivity index (χ1v) is 8.50. The number of carbonyl (C=O) groups excluding carboxylic acids is 1. The zero-order valence-electron chi connectivity index (χ0n) is 15.0. The predicted molar refractivity (Wildman–Crippen MR) is 96.3 cm³/mol. The number of rotatable bonds is 7. The fourth-order valence-electron chi connectivity index (χ4n) is 2.64. The van der Waals surface area contributed by atoms with Crippen molar-refractivity contribution in [2.75, 3.05) is 20.5 Å². The molecule has 0 radical (unpaired) electrons. The molecule has 1 aliphatic heterocycles. The van der Waals surface area contributed by atoms with Crippen LogP contribution >= 0.6 is 0 Å². The Morgan fingerprint density at radius 1 is 1.07 bits per heavy atom. The monoisotopic (exact) mass is 383 g/mol. The summed E-state index contributed by atoms with van der Waals surface area (Å²) >= 11 is 0. The van der Waals surface area contributed by atoms with Crippen molar-refractivity contribution >= 4 is 5.97 Å². The Bertz CT molecular complexity index is 982. The lowest BCUT2D eigenvalue weighted by Crippen LogP contribution is -2.15. The zero-order valence-corrected chi connectivity index (χ0v) is 15.0. The van der Waals surface area contributed by atoms with E-state index in [-0.39, 0.29) is 20.0 Å². The van der Waals surface area contributed by atoms with Crippen molar-refractivity contribution in [3.63, 3.8) is 0 Å². The molecular formula is C20H17NO7. The SMILES string of the molecule is COc1ccccc1OCC(=O)OCc1cc(-c2ccc3c(c2)OCO3)on1. The number of benzene rings is 2. The summed E-state index contributed by atoms with van der Waals surface area (Å²) in [4.78, 5) is 11.9. The fraction of sp³-hybridized carbons (Fsp3) is 0.200. The molecule has 0 aliphatic carbocycles. The van der Waals surface area contributed by atoms with Gasteiger partial charge in [-0.2, -0.15) is 0 Å². The van der Waals surface area contributed by atoms with Gasteiger partial charge in [0.1, 0.15) is 12.3 Å². The molecule has 4 rings (SSSR count). The minimum Gasteiger partial charge on any atom is -0.493 e. The summed E-state index contributed by atoms with van der Waals surface area (Å²) < 4.78 is 31.7. The molecule has 2 aromatic carbocycles. The minimum absolute atomic E-state index is 0.0256. The molecule has 0 amide bonds. The highest BCUT2D eigenvalue weighted by molar-refractivity contribution is 5.71. The van der Waals surface area contributed by atoms with Crippen LogP contribution in [0.4, 0.5) is 0 Å². The number of fused-ring (bicyclic) bond motifs is 1. The maximum absolute atomic E-state index is 11.9. The largest absolute Gasteiger partial charge is 0.493 e. The molecule has 0 spiro atoms. The summed E-state index contributed by atoms with van der Waals surface area (Å²) in [6.45, 7) is -0.0667. The van der Waals surface area contributed by atoms with E-state index in [4.69, 9.17) is 28.2 Å². The van der Waals surface area contributed by atoms with Gasteiger partial charge in [-0.25, -0.2) is 4.79 Å². The van der Waals surface area contributed by atoms with Crippen LogP contribution in [0.1, 0.15) is 5.69 Å². The summed E-state index contributed by atoms with van der Waals surface area (Å²) in [7, 11) is 1.53. The molecule has 1 aliphatic rings. The van der Waals surface area contributed by atoms with Crippen molar-refractivity contribution in [2.24, 2.45) is 0 Å². The average Bonchev–Trinajstić information content (AvgIpc) is 3.39. The molecule has 0 atom stereocenters. The summed E-state index contributed by atoms with van der Waals surface area (Å²) in [5.41, 5.74) is 1.27. The quantitative estimate of drug-likeness (QED) is 0.575. The Balaban J connectivity index is 1.31. The van der Waals surface area contributed by atoms with Crippen molar-refractivity contribution in [2.45, 2.75) is 6.61 Å². The van der Waals surface area contributed by atoms with Crippen LogP contribution in [0.3, 0.4) is 0 Å². The molecule has 0 N–H and O–H groups in total. The summed E-state index contributed by atoms with van der Waals surface area (Å²) in [6.07, 6.45) is 0. The van der Waals surface area contributed by atoms with E-state index in [9.17, 15) is 4.79 Å². The second kappa shape index (κ2) is 7.91. The van der Waals surface area contributed by atoms with Gasteiger partial charge < -0.3 is 28.2 Å². The molecule has 3 aromatic rings. The van der Waals surface area contributed by atoms with Gasteiger partial charge in [-0.3, -0.25) is 0 Å². The lowest BCUT2D eigenvalue weighted by atomic mass is 10.1. The highest BCUT2D eigenvalue weighted by Crippen LogP contribution is 2.36. The van der Waals surface area contributed by atoms with E-state index < -0.39 is 5.97 Å². The molecule has 8 heteroatoms. The van der Waals surface area contributed by atoms with Crippen LogP contribution in [0, 0.1) is 0 Å². The number of aromatic nitrogens is 1. The number of hydrogen-bond donors (Lipinski definition) is 0. The minimum atomic E-state index is -0.529. The van der Waals surface area contributed by atoms with Crippen LogP contribution in [0.5, 0.6) is 23.0 Å². The van der Waals surface area contributed by atoms with Crippen LogP contribution in [0.2, 0.25) is 0 Å². The molecule has 8 nitrogen and oxygen atoms in total. The van der Waals surface area contributed by atoms with Crippen molar-refractivity contribution in [1.82, 2.24) is 5.16 Å². The molecule has 0 saturated heterocycles. The molecule has 2 heterocycles. The van der Waals surface area contributed by atoms with Crippen molar-refractivity contribution in [3.05, 3.63) is 54.2 Å². The highest BCUT2D eigenvalue weighted by atomic mass is 16.7. The number of para-hydroxylation sites is 2. The van der Waals surface area contributed by atoms with Crippen LogP contribution < -0.4 is 18.9 Å². The lowest BCUT2D eigenvalue weighted by molar-refractivity contribution is -0.147. The first-order chi connectivity index (χ1) is 13.7. The number of hydrogen-bond acceptors (Lipinski definition) is 8. The number of esters is 1. The van der Waals surface area contributed by atoms with Gasteiger partial charge in [0.2, 0.25) is 6.79 Å². The van der Waals surface area contributed by atoms with Crippen molar-refractivity contribution < 1.29 is 33.0 Å². The number of ether oxygens (including phenoxy) is 5. The standard InChI is InChI=1S/C20H17NO7/c1-23-15-4-2-3-5-16(15)24-11-20(22)25-10-14-9-18(28-21-14)13-6-7-17-19(8-13)27-12-26-17/h2-9H,10-12H2,1H3. The molecule has 144 valence electrons. The van der Waals surface area contributed by atoms with Crippen LogP contribution in [-0.4, -0.2) is 31.6 Å². The average molecular weight is 383 g/mol. The molecule has 0 saturated carbocycles. The summed E-state index contributed by atoms with van der Waals surface area (Å²) in [6, 6.07) is 14.2. The first kappa shape index (κ1) is 17.7. The highest BCUT2D eigenvalue weighted by Gasteiger charge is 2.16. The van der Waals surface area contributed by atoms with Crippen LogP contribution in [0.25, 0.3) is 11.3 Å². The van der Waals surface area contributed by atoms with Gasteiger partial charge in [-0.15, -0.1) is 0 Å². The van der Waals surface area contributed by atoms with E-state index in [0.29, 0.717) is 34.5 Å². The Morgan fingerprint density at radius 2 is 1.89 bits per heavy atom. The Morgan fingerprint density at radius 3 is 2.75 bits per heavy atom. The summed E-state index contributed by atoms with van der Waals surface area (Å²) in [5, 5.41) is 3.92. The van der Waals surface area contributed by atoms with Gasteiger partial charge in [0.15, 0.2) is 35.4 Å². The molecule has 28 heavy (non-hydrogen) atoms. The van der Waals surface area contributed by atoms with E-state index in [1.165, 1.54) is 7.11 Å². The van der Waals surface area contributed by atoms with Gasteiger partial charge in [-0.05, 0) is 30.3 Å². The topological polar surface area (TPSA) is 89.3 Å². The Labute approximate surface area is 160 Å². The second-order valence-corrected chi connectivity index (χ2v) is 5.85. The summed E-state index contributed by atoms with van der Waals surface area (Å²) in [5.74, 6) is 2.35. The van der Waals surface area contributed by atoms with Gasteiger partial charge in [0.25, 0.3) is 0 Å². The van der Waals surface area contributed by atoms with Crippen molar-refractivity contribution in [1.29, 1.82) is 0 Å². The van der Waals surface area contributed by atoms with E-state index >= 15 is 0 Å². The lowest BCUT2D eigenvalue weighted by Gasteiger charge is -2.09. The normalized spacial score (nSPS) is 11.9. The first-order valence-electron chi connectivity index (χ1n) is 8.50. The van der Waals surface area contributed by atoms with E-state index in [1.807, 2.05) is 12.1 Å². The van der Waals surface area contributed by atoms with E-state index in [1.54, 1.807) is 36.4 Å². The van der Waals surface area contributed by atoms with Crippen molar-refractivity contribution in [3.8, 4) is 34.3 Å². The maximum atomic E-state index is 11.9. The Kier molecular flexibility index (Phi) is 5.01. The second-order valence-electron chi connectivity index (χ2n) is 5.85. The van der Waals surface area contributed by atoms with Gasteiger partial charge in [0, 0.05) is 11.6 Å². The third-order valence-corrected chi connectivity index (χ3v) is 4.01. The van der Waals surface area contributed by atoms with E-state index in [2.05, 4.69) is 5.16 Å². The van der Waals surface area contributed by atoms with Gasteiger partial charge in [0.05, 0.1) is 7.11 Å². The molecule has 0 fully saturated rings. The van der Waals surface area contributed by atoms with Gasteiger partial charge >= 0.3 is 5.97 Å². The predicted octanol–water partition coefficient (Wildman–Crippen LogP) is 3.20. The smallest absolute Gasteiger partial charge is 0.344 e. The molecule has 1 aromatic heterocycles. The number of carbonyl (C=O) groups is 1. The molecular weight excluding hydrogens is 366 g/mol.